The van der Waals surface area contributed by atoms with E-state index >= 15 is 0 Å². The summed E-state index contributed by atoms with van der Waals surface area (Å²) >= 11 is 6.09. The Hall–Kier alpha value is -1.29. The van der Waals surface area contributed by atoms with Crippen molar-refractivity contribution in [2.75, 3.05) is 0 Å². The van der Waals surface area contributed by atoms with Crippen LogP contribution in [-0.2, 0) is 0 Å². The molecule has 0 radical (unpaired) electrons. The molecule has 2 N–H and O–H groups in total. The molecule has 0 bridgehead atoms. The molecular formula is C12H10BClO2. The molecule has 2 nitrogen and oxygen atoms in total. The zero-order valence-corrected chi connectivity index (χ0v) is 9.22. The third-order valence-corrected chi connectivity index (χ3v) is 2.70. The molecule has 0 heterocycles. The number of halogens is 1. The summed E-state index contributed by atoms with van der Waals surface area (Å²) in [7, 11) is -1.52. The van der Waals surface area contributed by atoms with E-state index < -0.39 is 7.12 Å². The molecule has 0 aliphatic heterocycles. The summed E-state index contributed by atoms with van der Waals surface area (Å²) in [6, 6.07) is 14.5. The monoisotopic (exact) mass is 232 g/mol. The first-order chi connectivity index (χ1) is 7.70. The summed E-state index contributed by atoms with van der Waals surface area (Å²) in [5.41, 5.74) is 1.95. The second-order valence-electron chi connectivity index (χ2n) is 3.44. The Balaban J connectivity index is 2.64. The average molecular weight is 232 g/mol. The van der Waals surface area contributed by atoms with Gasteiger partial charge in [0.25, 0.3) is 0 Å². The van der Waals surface area contributed by atoms with E-state index in [1.807, 2.05) is 30.3 Å². The van der Waals surface area contributed by atoms with Crippen LogP contribution in [-0.4, -0.2) is 17.2 Å². The zero-order valence-electron chi connectivity index (χ0n) is 8.47. The topological polar surface area (TPSA) is 40.5 Å². The van der Waals surface area contributed by atoms with Gasteiger partial charge in [-0.3, -0.25) is 0 Å². The fourth-order valence-corrected chi connectivity index (χ4v) is 1.96. The first-order valence-electron chi connectivity index (χ1n) is 4.90. The van der Waals surface area contributed by atoms with E-state index in [0.717, 1.165) is 5.56 Å². The molecule has 0 amide bonds. The molecule has 2 aromatic carbocycles. The lowest BCUT2D eigenvalue weighted by molar-refractivity contribution is 0.426. The van der Waals surface area contributed by atoms with Gasteiger partial charge in [0.2, 0.25) is 0 Å². The van der Waals surface area contributed by atoms with Gasteiger partial charge in [-0.2, -0.15) is 0 Å². The maximum absolute atomic E-state index is 9.29. The lowest BCUT2D eigenvalue weighted by atomic mass is 9.75. The molecule has 0 saturated carbocycles. The molecular weight excluding hydrogens is 222 g/mol. The van der Waals surface area contributed by atoms with Gasteiger partial charge in [0.15, 0.2) is 0 Å². The van der Waals surface area contributed by atoms with Crippen LogP contribution in [0, 0.1) is 0 Å². The van der Waals surface area contributed by atoms with Gasteiger partial charge in [0.05, 0.1) is 0 Å². The zero-order chi connectivity index (χ0) is 11.5. The van der Waals surface area contributed by atoms with E-state index in [9.17, 15) is 10.0 Å². The summed E-state index contributed by atoms with van der Waals surface area (Å²) in [5, 5.41) is 19.1. The summed E-state index contributed by atoms with van der Waals surface area (Å²) in [6.07, 6.45) is 0. The molecule has 80 valence electrons. The standard InChI is InChI=1S/C12H10BClO2/c14-11-8-4-7-10(13(15)16)12(11)9-5-2-1-3-6-9/h1-8,15-16H. The molecule has 4 heteroatoms. The molecule has 0 spiro atoms. The Morgan fingerprint density at radius 1 is 0.875 bits per heavy atom. The average Bonchev–Trinajstić information content (AvgIpc) is 2.29. The summed E-state index contributed by atoms with van der Waals surface area (Å²) in [4.78, 5) is 0. The van der Waals surface area contributed by atoms with Crippen LogP contribution >= 0.6 is 11.6 Å². The number of benzene rings is 2. The first-order valence-corrected chi connectivity index (χ1v) is 5.28. The van der Waals surface area contributed by atoms with Gasteiger partial charge in [-0.25, -0.2) is 0 Å². The Morgan fingerprint density at radius 3 is 2.19 bits per heavy atom. The fourth-order valence-electron chi connectivity index (χ4n) is 1.67. The van der Waals surface area contributed by atoms with E-state index in [1.165, 1.54) is 0 Å². The van der Waals surface area contributed by atoms with Crippen molar-refractivity contribution >= 4 is 24.2 Å². The highest BCUT2D eigenvalue weighted by molar-refractivity contribution is 6.61. The highest BCUT2D eigenvalue weighted by Crippen LogP contribution is 2.25. The molecule has 0 atom stereocenters. The van der Waals surface area contributed by atoms with E-state index in [2.05, 4.69) is 0 Å². The van der Waals surface area contributed by atoms with Crippen LogP contribution in [0.5, 0.6) is 0 Å². The lowest BCUT2D eigenvalue weighted by Crippen LogP contribution is -2.31. The van der Waals surface area contributed by atoms with Gasteiger partial charge in [0.1, 0.15) is 0 Å². The summed E-state index contributed by atoms with van der Waals surface area (Å²) in [5.74, 6) is 0. The highest BCUT2D eigenvalue weighted by atomic mass is 35.5. The van der Waals surface area contributed by atoms with Crippen LogP contribution in [0.1, 0.15) is 0 Å². The minimum Gasteiger partial charge on any atom is -0.423 e. The summed E-state index contributed by atoms with van der Waals surface area (Å²) < 4.78 is 0. The van der Waals surface area contributed by atoms with E-state index in [4.69, 9.17) is 11.6 Å². The largest absolute Gasteiger partial charge is 0.489 e. The van der Waals surface area contributed by atoms with Crippen LogP contribution in [0.2, 0.25) is 5.02 Å². The van der Waals surface area contributed by atoms with Crippen molar-refractivity contribution in [2.24, 2.45) is 0 Å². The smallest absolute Gasteiger partial charge is 0.423 e. The summed E-state index contributed by atoms with van der Waals surface area (Å²) in [6.45, 7) is 0. The molecule has 0 aromatic heterocycles. The molecule has 0 unspecified atom stereocenters. The van der Waals surface area contributed by atoms with Gasteiger partial charge >= 0.3 is 7.12 Å². The number of rotatable bonds is 2. The first kappa shape index (κ1) is 11.2. The van der Waals surface area contributed by atoms with Crippen LogP contribution in [0.4, 0.5) is 0 Å². The van der Waals surface area contributed by atoms with Crippen LogP contribution in [0.3, 0.4) is 0 Å². The third kappa shape index (κ3) is 2.12. The quantitative estimate of drug-likeness (QED) is 0.774. The van der Waals surface area contributed by atoms with E-state index in [0.29, 0.717) is 16.0 Å². The predicted molar refractivity (Wildman–Crippen MR) is 66.7 cm³/mol. The second-order valence-corrected chi connectivity index (χ2v) is 3.85. The Bertz CT molecular complexity index is 486. The van der Waals surface area contributed by atoms with Crippen LogP contribution < -0.4 is 5.46 Å². The van der Waals surface area contributed by atoms with Crippen molar-refractivity contribution in [3.05, 3.63) is 53.6 Å². The maximum atomic E-state index is 9.29. The molecule has 0 saturated heterocycles. The molecule has 0 aliphatic carbocycles. The molecule has 2 aromatic rings. The fraction of sp³-hybridized carbons (Fsp3) is 0. The van der Waals surface area contributed by atoms with Crippen molar-refractivity contribution in [1.82, 2.24) is 0 Å². The third-order valence-electron chi connectivity index (χ3n) is 2.39. The lowest BCUT2D eigenvalue weighted by Gasteiger charge is -2.10. The van der Waals surface area contributed by atoms with Crippen molar-refractivity contribution in [3.63, 3.8) is 0 Å². The molecule has 2 rings (SSSR count). The molecule has 16 heavy (non-hydrogen) atoms. The SMILES string of the molecule is OB(O)c1cccc(Cl)c1-c1ccccc1. The van der Waals surface area contributed by atoms with Gasteiger partial charge in [0, 0.05) is 10.6 Å². The van der Waals surface area contributed by atoms with Crippen LogP contribution in [0.25, 0.3) is 11.1 Å². The highest BCUT2D eigenvalue weighted by Gasteiger charge is 2.18. The van der Waals surface area contributed by atoms with Crippen molar-refractivity contribution in [2.45, 2.75) is 0 Å². The van der Waals surface area contributed by atoms with Crippen LogP contribution in [0.15, 0.2) is 48.5 Å². The van der Waals surface area contributed by atoms with Gasteiger partial charge < -0.3 is 10.0 Å². The van der Waals surface area contributed by atoms with Gasteiger partial charge in [-0.05, 0) is 17.1 Å². The van der Waals surface area contributed by atoms with E-state index in [-0.39, 0.29) is 0 Å². The van der Waals surface area contributed by atoms with Gasteiger partial charge in [-0.1, -0.05) is 54.1 Å². The Kier molecular flexibility index (Phi) is 3.29. The number of hydrogen-bond acceptors (Lipinski definition) is 2. The molecule has 0 fully saturated rings. The second kappa shape index (κ2) is 4.70. The number of hydrogen-bond donors (Lipinski definition) is 2. The Morgan fingerprint density at radius 2 is 1.56 bits per heavy atom. The van der Waals surface area contributed by atoms with Gasteiger partial charge in [-0.15, -0.1) is 0 Å². The van der Waals surface area contributed by atoms with Crippen molar-refractivity contribution in [1.29, 1.82) is 0 Å². The predicted octanol–water partition coefficient (Wildman–Crippen LogP) is 1.69. The Labute approximate surface area is 99.3 Å². The molecule has 0 aliphatic rings. The minimum absolute atomic E-state index is 0.415. The van der Waals surface area contributed by atoms with Crippen molar-refractivity contribution < 1.29 is 10.0 Å². The maximum Gasteiger partial charge on any atom is 0.489 e. The van der Waals surface area contributed by atoms with E-state index in [1.54, 1.807) is 18.2 Å². The normalized spacial score (nSPS) is 10.2. The van der Waals surface area contributed by atoms with Crippen molar-refractivity contribution in [3.8, 4) is 11.1 Å². The minimum atomic E-state index is -1.52.